The Morgan fingerprint density at radius 1 is 1.32 bits per heavy atom. The number of para-hydroxylation sites is 1. The van der Waals surface area contributed by atoms with Crippen LogP contribution in [0.4, 0.5) is 0 Å². The molecule has 0 aromatic heterocycles. The van der Waals surface area contributed by atoms with Gasteiger partial charge in [0.15, 0.2) is 0 Å². The fourth-order valence-corrected chi connectivity index (χ4v) is 4.85. The Labute approximate surface area is 120 Å². The largest absolute Gasteiger partial charge is 0.424 e. The molecular formula is C14H21O3PS. The van der Waals surface area contributed by atoms with Gasteiger partial charge in [0, 0.05) is 17.2 Å². The minimum atomic E-state index is -2.69. The van der Waals surface area contributed by atoms with Gasteiger partial charge in [0.25, 0.3) is 0 Å². The molecule has 0 saturated carbocycles. The Kier molecular flexibility index (Phi) is 4.36. The number of rotatable bonds is 3. The first-order chi connectivity index (χ1) is 8.82. The molecule has 1 saturated heterocycles. The maximum absolute atomic E-state index is 6.04. The molecule has 0 N–H and O–H groups in total. The molecule has 0 spiro atoms. The number of hydrogen-bond donors (Lipinski definition) is 0. The highest BCUT2D eigenvalue weighted by molar-refractivity contribution is 8.07. The van der Waals surface area contributed by atoms with Crippen LogP contribution < -0.4 is 4.52 Å². The fourth-order valence-electron chi connectivity index (χ4n) is 2.32. The van der Waals surface area contributed by atoms with Crippen LogP contribution in [0.5, 0.6) is 5.75 Å². The fraction of sp³-hybridized carbons (Fsp3) is 0.571. The van der Waals surface area contributed by atoms with E-state index in [0.717, 1.165) is 0 Å². The molecule has 3 nitrogen and oxygen atoms in total. The summed E-state index contributed by atoms with van der Waals surface area (Å²) in [6, 6.07) is 9.48. The van der Waals surface area contributed by atoms with E-state index < -0.39 is 6.72 Å². The van der Waals surface area contributed by atoms with Crippen LogP contribution in [-0.4, -0.2) is 12.7 Å². The summed E-state index contributed by atoms with van der Waals surface area (Å²) in [7, 11) is 0. The van der Waals surface area contributed by atoms with Gasteiger partial charge in [-0.15, -0.1) is 0 Å². The normalized spacial score (nSPS) is 30.3. The molecule has 106 valence electrons. The van der Waals surface area contributed by atoms with E-state index in [1.807, 2.05) is 30.3 Å². The van der Waals surface area contributed by atoms with Crippen molar-refractivity contribution in [1.29, 1.82) is 0 Å². The van der Waals surface area contributed by atoms with E-state index in [9.17, 15) is 0 Å². The van der Waals surface area contributed by atoms with Crippen molar-refractivity contribution in [3.63, 3.8) is 0 Å². The highest BCUT2D eigenvalue weighted by Crippen LogP contribution is 2.58. The van der Waals surface area contributed by atoms with E-state index in [-0.39, 0.29) is 11.5 Å². The molecule has 0 amide bonds. The predicted octanol–water partition coefficient (Wildman–Crippen LogP) is 4.39. The molecule has 1 aromatic carbocycles. The van der Waals surface area contributed by atoms with Gasteiger partial charge in [0.1, 0.15) is 5.75 Å². The monoisotopic (exact) mass is 300 g/mol. The van der Waals surface area contributed by atoms with Gasteiger partial charge in [-0.25, -0.2) is 0 Å². The third-order valence-electron chi connectivity index (χ3n) is 3.17. The maximum Gasteiger partial charge on any atom is 0.380 e. The Morgan fingerprint density at radius 2 is 1.95 bits per heavy atom. The molecule has 0 unspecified atom stereocenters. The van der Waals surface area contributed by atoms with Crippen molar-refractivity contribution >= 4 is 18.5 Å². The molecule has 1 aromatic rings. The molecule has 5 heteroatoms. The highest BCUT2D eigenvalue weighted by Gasteiger charge is 2.44. The second-order valence-electron chi connectivity index (χ2n) is 5.88. The predicted molar refractivity (Wildman–Crippen MR) is 80.8 cm³/mol. The van der Waals surface area contributed by atoms with Gasteiger partial charge in [-0.1, -0.05) is 45.9 Å². The number of benzene rings is 1. The van der Waals surface area contributed by atoms with Crippen LogP contribution in [0, 0.1) is 11.3 Å². The van der Waals surface area contributed by atoms with Crippen LogP contribution in [-0.2, 0) is 20.9 Å². The summed E-state index contributed by atoms with van der Waals surface area (Å²) in [6.07, 6.45) is 0.0517. The minimum Gasteiger partial charge on any atom is -0.424 e. The zero-order valence-electron chi connectivity index (χ0n) is 11.8. The lowest BCUT2D eigenvalue weighted by atomic mass is 9.81. The average Bonchev–Trinajstić information content (AvgIpc) is 2.34. The molecule has 0 bridgehead atoms. The molecule has 1 aliphatic heterocycles. The SMILES string of the molecule is CC(C)[C@H]1O[P@@](=S)(Oc2ccccc2)OCC1(C)C. The molecule has 0 radical (unpaired) electrons. The second kappa shape index (κ2) is 5.53. The molecule has 0 aliphatic carbocycles. The summed E-state index contributed by atoms with van der Waals surface area (Å²) in [5.74, 6) is 1.08. The smallest absolute Gasteiger partial charge is 0.380 e. The van der Waals surface area contributed by atoms with Crippen LogP contribution in [0.15, 0.2) is 30.3 Å². The first-order valence-electron chi connectivity index (χ1n) is 6.50. The topological polar surface area (TPSA) is 27.7 Å². The van der Waals surface area contributed by atoms with Crippen molar-refractivity contribution in [1.82, 2.24) is 0 Å². The third-order valence-corrected chi connectivity index (χ3v) is 5.34. The Morgan fingerprint density at radius 3 is 2.53 bits per heavy atom. The molecule has 2 atom stereocenters. The summed E-state index contributed by atoms with van der Waals surface area (Å²) in [5.41, 5.74) is -0.0451. The van der Waals surface area contributed by atoms with Gasteiger partial charge in [0.2, 0.25) is 0 Å². The van der Waals surface area contributed by atoms with E-state index in [2.05, 4.69) is 27.7 Å². The van der Waals surface area contributed by atoms with Crippen LogP contribution in [0.3, 0.4) is 0 Å². The van der Waals surface area contributed by atoms with Crippen molar-refractivity contribution in [3.8, 4) is 5.75 Å². The second-order valence-corrected chi connectivity index (χ2v) is 8.77. The summed E-state index contributed by atoms with van der Waals surface area (Å²) < 4.78 is 17.6. The third kappa shape index (κ3) is 3.57. The van der Waals surface area contributed by atoms with E-state index in [0.29, 0.717) is 18.3 Å². The molecule has 1 heterocycles. The molecule has 19 heavy (non-hydrogen) atoms. The Hall–Kier alpha value is -0.410. The summed E-state index contributed by atoms with van der Waals surface area (Å²) >= 11 is 5.48. The van der Waals surface area contributed by atoms with Gasteiger partial charge < -0.3 is 4.52 Å². The van der Waals surface area contributed by atoms with E-state index in [1.54, 1.807) is 0 Å². The first-order valence-corrected chi connectivity index (χ1v) is 9.06. The van der Waals surface area contributed by atoms with Crippen LogP contribution >= 0.6 is 6.72 Å². The first kappa shape index (κ1) is 15.0. The van der Waals surface area contributed by atoms with Crippen LogP contribution in [0.1, 0.15) is 27.7 Å². The zero-order chi connectivity index (χ0) is 14.1. The molecule has 2 rings (SSSR count). The lowest BCUT2D eigenvalue weighted by Crippen LogP contribution is -2.43. The highest BCUT2D eigenvalue weighted by atomic mass is 32.5. The Balaban J connectivity index is 2.15. The minimum absolute atomic E-state index is 0.0451. The molecule has 1 aliphatic rings. The van der Waals surface area contributed by atoms with Gasteiger partial charge in [-0.3, -0.25) is 9.05 Å². The van der Waals surface area contributed by atoms with E-state index in [4.69, 9.17) is 25.4 Å². The molecular weight excluding hydrogens is 279 g/mol. The average molecular weight is 300 g/mol. The van der Waals surface area contributed by atoms with Crippen molar-refractivity contribution in [2.24, 2.45) is 11.3 Å². The van der Waals surface area contributed by atoms with Crippen molar-refractivity contribution < 1.29 is 13.6 Å². The van der Waals surface area contributed by atoms with Crippen molar-refractivity contribution in [3.05, 3.63) is 30.3 Å². The Bertz CT molecular complexity index is 473. The van der Waals surface area contributed by atoms with Crippen LogP contribution in [0.2, 0.25) is 0 Å². The van der Waals surface area contributed by atoms with Gasteiger partial charge in [-0.2, -0.15) is 0 Å². The maximum atomic E-state index is 6.04. The van der Waals surface area contributed by atoms with E-state index in [1.165, 1.54) is 0 Å². The van der Waals surface area contributed by atoms with Crippen molar-refractivity contribution in [2.75, 3.05) is 6.61 Å². The summed E-state index contributed by atoms with van der Waals surface area (Å²) in [5, 5.41) is 0. The van der Waals surface area contributed by atoms with Gasteiger partial charge in [0.05, 0.1) is 12.7 Å². The van der Waals surface area contributed by atoms with Gasteiger partial charge >= 0.3 is 6.72 Å². The van der Waals surface area contributed by atoms with E-state index >= 15 is 0 Å². The summed E-state index contributed by atoms with van der Waals surface area (Å²) in [6.45, 7) is 6.43. The lowest BCUT2D eigenvalue weighted by Gasteiger charge is -2.44. The standard InChI is InChI=1S/C14H21O3PS/c1-11(2)13-14(3,4)10-15-18(19,17-13)16-12-8-6-5-7-9-12/h5-9,11,13H,10H2,1-4H3/t13-,18+/m1/s1. The zero-order valence-corrected chi connectivity index (χ0v) is 13.5. The number of hydrogen-bond acceptors (Lipinski definition) is 4. The molecule has 1 fully saturated rings. The van der Waals surface area contributed by atoms with Gasteiger partial charge in [-0.05, 0) is 18.1 Å². The van der Waals surface area contributed by atoms with Crippen molar-refractivity contribution in [2.45, 2.75) is 33.8 Å². The summed E-state index contributed by atoms with van der Waals surface area (Å²) in [4.78, 5) is 0. The lowest BCUT2D eigenvalue weighted by molar-refractivity contribution is -0.0483. The quantitative estimate of drug-likeness (QED) is 0.774. The van der Waals surface area contributed by atoms with Crippen LogP contribution in [0.25, 0.3) is 0 Å².